The number of hydrogen-bond donors (Lipinski definition) is 6. The molecule has 0 saturated carbocycles. The van der Waals surface area contributed by atoms with Crippen LogP contribution >= 0.6 is 0 Å². The van der Waals surface area contributed by atoms with Crippen molar-refractivity contribution in [3.05, 3.63) is 0 Å². The molecule has 0 heterocycles. The molecule has 12 heavy (non-hydrogen) atoms. The van der Waals surface area contributed by atoms with Gasteiger partial charge in [-0.15, -0.1) is 0 Å². The lowest BCUT2D eigenvalue weighted by Crippen LogP contribution is -2.42. The molecule has 74 valence electrons. The molecule has 0 bridgehead atoms. The fraction of sp³-hybridized carbons (Fsp3) is 1.00. The van der Waals surface area contributed by atoms with Gasteiger partial charge in [0, 0.05) is 6.42 Å². The van der Waals surface area contributed by atoms with Gasteiger partial charge in [0.25, 0.3) is 0 Å². The fourth-order valence-electron chi connectivity index (χ4n) is 0.751. The van der Waals surface area contributed by atoms with Gasteiger partial charge in [-0.1, -0.05) is 0 Å². The summed E-state index contributed by atoms with van der Waals surface area (Å²) in [4.78, 5) is 0. The number of hydrogen-bond acceptors (Lipinski definition) is 6. The van der Waals surface area contributed by atoms with Crippen LogP contribution in [0.1, 0.15) is 6.42 Å². The Morgan fingerprint density at radius 2 is 1.50 bits per heavy atom. The highest BCUT2D eigenvalue weighted by molar-refractivity contribution is 4.75. The van der Waals surface area contributed by atoms with Crippen molar-refractivity contribution in [3.8, 4) is 0 Å². The Hall–Kier alpha value is -0.240. The van der Waals surface area contributed by atoms with Gasteiger partial charge < -0.3 is 31.3 Å². The first-order chi connectivity index (χ1) is 5.49. The highest BCUT2D eigenvalue weighted by atomic mass is 16.4. The summed E-state index contributed by atoms with van der Waals surface area (Å²) in [5.74, 6) is 0. The molecule has 6 heteroatoms. The minimum atomic E-state index is -1.49. The maximum atomic E-state index is 9.03. The monoisotopic (exact) mass is 181 g/mol. The quantitative estimate of drug-likeness (QED) is 0.247. The molecule has 4 atom stereocenters. The van der Waals surface area contributed by atoms with E-state index in [1.54, 1.807) is 0 Å². The van der Waals surface area contributed by atoms with Gasteiger partial charge in [-0.2, -0.15) is 0 Å². The average molecular weight is 181 g/mol. The van der Waals surface area contributed by atoms with Gasteiger partial charge in [-0.3, -0.25) is 0 Å². The molecule has 0 radical (unpaired) electrons. The lowest BCUT2D eigenvalue weighted by Gasteiger charge is -2.22. The lowest BCUT2D eigenvalue weighted by molar-refractivity contribution is -0.0872. The zero-order chi connectivity index (χ0) is 9.72. The highest BCUT2D eigenvalue weighted by Crippen LogP contribution is 2.04. The predicted octanol–water partition coefficient (Wildman–Crippen LogP) is -3.27. The van der Waals surface area contributed by atoms with Crippen LogP contribution in [-0.2, 0) is 0 Å². The Balaban J connectivity index is 3.83. The summed E-state index contributed by atoms with van der Waals surface area (Å²) in [5, 5.41) is 43.8. The first-order valence-corrected chi connectivity index (χ1v) is 3.57. The number of aliphatic hydroxyl groups excluding tert-OH is 5. The molecular weight excluding hydrogens is 166 g/mol. The van der Waals surface area contributed by atoms with E-state index in [4.69, 9.17) is 31.3 Å². The van der Waals surface area contributed by atoms with Gasteiger partial charge in [0.15, 0.2) is 0 Å². The van der Waals surface area contributed by atoms with Gasteiger partial charge in [-0.25, -0.2) is 0 Å². The average Bonchev–Trinajstić information content (AvgIpc) is 2.00. The van der Waals surface area contributed by atoms with Gasteiger partial charge in [0.05, 0.1) is 12.7 Å². The summed E-state index contributed by atoms with van der Waals surface area (Å²) in [6.45, 7) is -0.654. The summed E-state index contributed by atoms with van der Waals surface area (Å²) in [6.07, 6.45) is -5.75. The standard InChI is InChI=1S/C6H15NO5/c7-5(11)1-3(9)6(12)4(10)2-8/h3-6,8-12H,1-2,7H2/t3-,4-,5?,6+/m1/s1. The minimum absolute atomic E-state index is 0.252. The first kappa shape index (κ1) is 11.8. The topological polar surface area (TPSA) is 127 Å². The largest absolute Gasteiger partial charge is 0.394 e. The van der Waals surface area contributed by atoms with Crippen LogP contribution in [0.25, 0.3) is 0 Å². The van der Waals surface area contributed by atoms with Crippen LogP contribution in [-0.4, -0.2) is 56.7 Å². The molecule has 0 aliphatic carbocycles. The van der Waals surface area contributed by atoms with Crippen molar-refractivity contribution >= 4 is 0 Å². The number of nitrogens with two attached hydrogens (primary N) is 1. The van der Waals surface area contributed by atoms with Gasteiger partial charge in [0.2, 0.25) is 0 Å². The lowest BCUT2D eigenvalue weighted by atomic mass is 10.1. The zero-order valence-electron chi connectivity index (χ0n) is 6.54. The maximum absolute atomic E-state index is 9.03. The molecule has 0 spiro atoms. The fourth-order valence-corrected chi connectivity index (χ4v) is 0.751. The Morgan fingerprint density at radius 1 is 1.00 bits per heavy atom. The van der Waals surface area contributed by atoms with Crippen molar-refractivity contribution < 1.29 is 25.5 Å². The molecule has 0 aliphatic heterocycles. The first-order valence-electron chi connectivity index (χ1n) is 3.57. The summed E-state index contributed by atoms with van der Waals surface area (Å²) >= 11 is 0. The van der Waals surface area contributed by atoms with Crippen LogP contribution in [0, 0.1) is 0 Å². The zero-order valence-corrected chi connectivity index (χ0v) is 6.54. The van der Waals surface area contributed by atoms with Crippen molar-refractivity contribution in [1.29, 1.82) is 0 Å². The molecule has 0 aromatic heterocycles. The summed E-state index contributed by atoms with van der Waals surface area (Å²) in [6, 6.07) is 0. The third-order valence-corrected chi connectivity index (χ3v) is 1.46. The normalized spacial score (nSPS) is 21.5. The van der Waals surface area contributed by atoms with Gasteiger partial charge in [-0.05, 0) is 0 Å². The molecule has 0 fully saturated rings. The van der Waals surface area contributed by atoms with Crippen molar-refractivity contribution in [1.82, 2.24) is 0 Å². The van der Waals surface area contributed by atoms with Crippen LogP contribution in [0.3, 0.4) is 0 Å². The Morgan fingerprint density at radius 3 is 1.83 bits per heavy atom. The minimum Gasteiger partial charge on any atom is -0.394 e. The van der Waals surface area contributed by atoms with E-state index >= 15 is 0 Å². The van der Waals surface area contributed by atoms with Gasteiger partial charge in [0.1, 0.15) is 18.4 Å². The molecule has 0 aromatic carbocycles. The molecule has 0 aromatic rings. The van der Waals surface area contributed by atoms with Crippen LogP contribution < -0.4 is 5.73 Å². The van der Waals surface area contributed by atoms with E-state index in [9.17, 15) is 0 Å². The Labute approximate surface area is 69.9 Å². The van der Waals surface area contributed by atoms with Crippen LogP contribution in [0.5, 0.6) is 0 Å². The number of rotatable bonds is 5. The van der Waals surface area contributed by atoms with E-state index in [1.165, 1.54) is 0 Å². The maximum Gasteiger partial charge on any atom is 0.108 e. The molecule has 0 aliphatic rings. The van der Waals surface area contributed by atoms with Crippen molar-refractivity contribution in [2.24, 2.45) is 5.73 Å². The van der Waals surface area contributed by atoms with E-state index < -0.39 is 31.1 Å². The Kier molecular flexibility index (Phi) is 5.31. The smallest absolute Gasteiger partial charge is 0.108 e. The van der Waals surface area contributed by atoms with E-state index in [0.717, 1.165) is 0 Å². The third-order valence-electron chi connectivity index (χ3n) is 1.46. The van der Waals surface area contributed by atoms with Crippen LogP contribution in [0.2, 0.25) is 0 Å². The molecular formula is C6H15NO5. The molecule has 7 N–H and O–H groups in total. The second-order valence-corrected chi connectivity index (χ2v) is 2.61. The molecule has 0 amide bonds. The molecule has 6 nitrogen and oxygen atoms in total. The van der Waals surface area contributed by atoms with E-state index in [0.29, 0.717) is 0 Å². The number of aliphatic hydroxyl groups is 5. The molecule has 1 unspecified atom stereocenters. The van der Waals surface area contributed by atoms with E-state index in [2.05, 4.69) is 0 Å². The summed E-state index contributed by atoms with van der Waals surface area (Å²) in [5.41, 5.74) is 4.91. The second kappa shape index (κ2) is 5.41. The van der Waals surface area contributed by atoms with Gasteiger partial charge >= 0.3 is 0 Å². The summed E-state index contributed by atoms with van der Waals surface area (Å²) in [7, 11) is 0. The van der Waals surface area contributed by atoms with Crippen molar-refractivity contribution in [2.75, 3.05) is 6.61 Å². The van der Waals surface area contributed by atoms with E-state index in [-0.39, 0.29) is 6.42 Å². The predicted molar refractivity (Wildman–Crippen MR) is 39.9 cm³/mol. The molecule has 0 rings (SSSR count). The summed E-state index contributed by atoms with van der Waals surface area (Å²) < 4.78 is 0. The van der Waals surface area contributed by atoms with Crippen molar-refractivity contribution in [2.45, 2.75) is 31.0 Å². The SMILES string of the molecule is NC(O)C[C@@H](O)[C@H](O)[C@H](O)CO. The Bertz CT molecular complexity index is 121. The second-order valence-electron chi connectivity index (χ2n) is 2.61. The van der Waals surface area contributed by atoms with Crippen LogP contribution in [0.15, 0.2) is 0 Å². The van der Waals surface area contributed by atoms with Crippen LogP contribution in [0.4, 0.5) is 0 Å². The third kappa shape index (κ3) is 3.96. The van der Waals surface area contributed by atoms with E-state index in [1.807, 2.05) is 0 Å². The molecule has 0 saturated heterocycles. The highest BCUT2D eigenvalue weighted by Gasteiger charge is 2.24. The van der Waals surface area contributed by atoms with Crippen molar-refractivity contribution in [3.63, 3.8) is 0 Å².